The maximum Gasteiger partial charge on any atom is 0.342 e. The molecule has 44 heteroatoms. The summed E-state index contributed by atoms with van der Waals surface area (Å²) in [6, 6.07) is 4.39. The summed E-state index contributed by atoms with van der Waals surface area (Å²) < 4.78 is 61.3. The van der Waals surface area contributed by atoms with E-state index in [0.717, 1.165) is 0 Å². The molecule has 0 amide bonds. The molecule has 4 aliphatic heterocycles. The van der Waals surface area contributed by atoms with E-state index in [9.17, 15) is 156 Å². The lowest BCUT2D eigenvalue weighted by Crippen LogP contribution is -2.63. The second-order valence-electron chi connectivity index (χ2n) is 24.3. The van der Waals surface area contributed by atoms with E-state index >= 15 is 9.59 Å². The summed E-state index contributed by atoms with van der Waals surface area (Å²) in [6.45, 7) is -2.79. The van der Waals surface area contributed by atoms with Crippen LogP contribution in [0.3, 0.4) is 0 Å². The average molecular weight is 1570 g/mol. The van der Waals surface area contributed by atoms with Gasteiger partial charge >= 0.3 is 47.8 Å². The number of hydrogen-bond acceptors (Lipinski definition) is 44. The maximum absolute atomic E-state index is 15.5. The molecule has 586 valence electrons. The van der Waals surface area contributed by atoms with Crippen molar-refractivity contribution < 1.29 is 218 Å². The van der Waals surface area contributed by atoms with Crippen LogP contribution in [0.25, 0.3) is 22.3 Å². The summed E-state index contributed by atoms with van der Waals surface area (Å²) in [5.41, 5.74) is -14.3. The highest BCUT2D eigenvalue weighted by molar-refractivity contribution is 6.10. The van der Waals surface area contributed by atoms with Gasteiger partial charge in [0.1, 0.15) is 43.2 Å². The van der Waals surface area contributed by atoms with E-state index < -0.39 is 333 Å². The number of aliphatic hydroxyl groups is 2. The number of phenols is 23. The van der Waals surface area contributed by atoms with Crippen molar-refractivity contribution in [2.24, 2.45) is 0 Å². The molecule has 2 fully saturated rings. The molecule has 44 nitrogen and oxygen atoms in total. The number of cyclic esters (lactones) is 1. The first-order valence-electron chi connectivity index (χ1n) is 31.1. The van der Waals surface area contributed by atoms with Crippen LogP contribution in [0.2, 0.25) is 0 Å². The topological polar surface area (TPSA) is 744 Å². The predicted molar refractivity (Wildman–Crippen MR) is 345 cm³/mol. The third-order valence-corrected chi connectivity index (χ3v) is 17.3. The molecule has 10 unspecified atom stereocenters. The number of esters is 8. The second-order valence-corrected chi connectivity index (χ2v) is 24.3. The summed E-state index contributed by atoms with van der Waals surface area (Å²) in [7, 11) is 0. The first-order valence-corrected chi connectivity index (χ1v) is 31.1. The molecule has 0 saturated carbocycles. The molecular formula is C68H50O44. The standard InChI is InChI=1S/C68H50O44/c69-22-1-14(2-23(70)39(22)79)59(94)102-12-33-55(52(92)53(93)67(105-33)111-60(95)15-3-24(71)40(80)25(72)4-15)107-66(101)21-10-31(78)45(85)51(91)54(21)104-32-11-20-38(50(90)46(32)86)37-19(9-30(77)44(84)49(37)89)64(99)109-57-56-34(106-68(58(57)110-65(20)100)112-61(96)16-5-26(73)41(81)27(74)6-16)13-103-62(97)17-7-28(75)42(82)47(87)35(17)36-18(63(98)108-56)8-29(76)43(83)48(36)88/h1-11,33-34,52-53,55-58,67-93H,12-13H2. The number of phenolic OH excluding ortho intramolecular Hbond substituents is 23. The Kier molecular flexibility index (Phi) is 19.3. The minimum absolute atomic E-state index is 0.186. The molecule has 8 aromatic rings. The molecule has 25 N–H and O–H groups in total. The Balaban J connectivity index is 0.970. The van der Waals surface area contributed by atoms with Crippen molar-refractivity contribution in [2.45, 2.75) is 61.4 Å². The summed E-state index contributed by atoms with van der Waals surface area (Å²) in [6.07, 6.45) is -26.2. The van der Waals surface area contributed by atoms with Crippen LogP contribution < -0.4 is 4.74 Å². The third-order valence-electron chi connectivity index (χ3n) is 17.3. The molecule has 112 heavy (non-hydrogen) atoms. The molecule has 0 aromatic heterocycles. The van der Waals surface area contributed by atoms with Crippen molar-refractivity contribution in [3.63, 3.8) is 0 Å². The van der Waals surface area contributed by atoms with Gasteiger partial charge in [-0.15, -0.1) is 0 Å². The second kappa shape index (κ2) is 28.4. The van der Waals surface area contributed by atoms with Gasteiger partial charge < -0.3 is 180 Å². The lowest BCUT2D eigenvalue weighted by atomic mass is 9.91. The van der Waals surface area contributed by atoms with Gasteiger partial charge in [-0.25, -0.2) is 38.4 Å². The Labute approximate surface area is 616 Å². The zero-order chi connectivity index (χ0) is 81.7. The molecule has 4 heterocycles. The molecule has 2 saturated heterocycles. The molecule has 0 radical (unpaired) electrons. The monoisotopic (exact) mass is 1570 g/mol. The first-order chi connectivity index (χ1) is 52.7. The minimum Gasteiger partial charge on any atom is -0.504 e. The number of rotatable bonds is 11. The van der Waals surface area contributed by atoms with Gasteiger partial charge in [0.05, 0.1) is 38.9 Å². The van der Waals surface area contributed by atoms with Crippen LogP contribution in [-0.4, -0.2) is 250 Å². The summed E-state index contributed by atoms with van der Waals surface area (Å²) in [5.74, 6) is -50.6. The van der Waals surface area contributed by atoms with Crippen molar-refractivity contribution in [3.8, 4) is 166 Å². The lowest BCUT2D eigenvalue weighted by Gasteiger charge is -2.44. The number of benzene rings is 8. The smallest absolute Gasteiger partial charge is 0.342 e. The highest BCUT2D eigenvalue weighted by Gasteiger charge is 2.57. The van der Waals surface area contributed by atoms with E-state index in [0.29, 0.717) is 48.5 Å². The van der Waals surface area contributed by atoms with Gasteiger partial charge in [0.25, 0.3) is 0 Å². The Bertz CT molecular complexity index is 5320. The third kappa shape index (κ3) is 13.2. The summed E-state index contributed by atoms with van der Waals surface area (Å²) in [4.78, 5) is 115. The Morgan fingerprint density at radius 3 is 1.17 bits per heavy atom. The van der Waals surface area contributed by atoms with Gasteiger partial charge in [-0.05, 0) is 54.6 Å². The van der Waals surface area contributed by atoms with Crippen LogP contribution in [0.15, 0.2) is 66.7 Å². The van der Waals surface area contributed by atoms with Gasteiger partial charge in [-0.2, -0.15) is 0 Å². The van der Waals surface area contributed by atoms with Crippen LogP contribution >= 0.6 is 0 Å². The number of fused-ring (bicyclic) bond motifs is 9. The van der Waals surface area contributed by atoms with Crippen molar-refractivity contribution in [1.29, 1.82) is 0 Å². The van der Waals surface area contributed by atoms with E-state index in [-0.39, 0.29) is 18.2 Å². The van der Waals surface area contributed by atoms with E-state index in [4.69, 9.17) is 52.1 Å². The molecule has 12 rings (SSSR count). The Hall–Kier alpha value is -15.4. The predicted octanol–water partition coefficient (Wildman–Crippen LogP) is 1.77. The number of aromatic hydroxyl groups is 23. The fraction of sp³-hybridized carbons (Fsp3) is 0.176. The zero-order valence-electron chi connectivity index (χ0n) is 55.0. The minimum atomic E-state index is -2.88. The van der Waals surface area contributed by atoms with Crippen LogP contribution in [0, 0.1) is 0 Å². The van der Waals surface area contributed by atoms with Gasteiger partial charge in [0.2, 0.25) is 53.2 Å². The van der Waals surface area contributed by atoms with Crippen molar-refractivity contribution in [3.05, 3.63) is 111 Å². The normalized spacial score (nSPS) is 20.6. The maximum atomic E-state index is 15.5. The first kappa shape index (κ1) is 76.2. The Morgan fingerprint density at radius 2 is 0.714 bits per heavy atom. The average Bonchev–Trinajstić information content (AvgIpc) is 0.924. The molecule has 0 bridgehead atoms. The van der Waals surface area contributed by atoms with Gasteiger partial charge in [0.15, 0.2) is 128 Å². The number of hydrogen-bond donors (Lipinski definition) is 25. The van der Waals surface area contributed by atoms with Crippen LogP contribution in [0.5, 0.6) is 144 Å². The van der Waals surface area contributed by atoms with Crippen LogP contribution in [0.4, 0.5) is 0 Å². The number of aliphatic hydroxyl groups excluding tert-OH is 2. The SMILES string of the molecule is O=C(OCC1OC(OC(=O)c2cc(O)c(O)c(O)c2)C(O)C(O)C1OC(=O)c1cc(O)c(O)c(O)c1Oc1cc2c(c(O)c1O)-c1c(cc(O)c(O)c1O)C(=O)OC1C3OC(=O)c4cc(O)c(O)c(O)c4-c4c(cc(O)c(O)c4O)C(=O)OCC3OC(OC(=O)c3cc(O)c(O)c(O)c3)C1OC2=O)c1cc(O)c(O)c(O)c1. The van der Waals surface area contributed by atoms with E-state index in [1.165, 1.54) is 0 Å². The number of carbonyl (C=O) groups is 8. The molecular weight excluding hydrogens is 1520 g/mol. The number of carbonyl (C=O) groups excluding carboxylic acids is 8. The van der Waals surface area contributed by atoms with Gasteiger partial charge in [0, 0.05) is 34.4 Å². The van der Waals surface area contributed by atoms with Gasteiger partial charge in [-0.3, -0.25) is 0 Å². The van der Waals surface area contributed by atoms with Crippen LogP contribution in [0.1, 0.15) is 82.9 Å². The molecule has 0 aliphatic carbocycles. The molecule has 4 aliphatic rings. The van der Waals surface area contributed by atoms with Crippen molar-refractivity contribution in [1.82, 2.24) is 0 Å². The Morgan fingerprint density at radius 1 is 0.348 bits per heavy atom. The zero-order valence-corrected chi connectivity index (χ0v) is 55.0. The number of ether oxygens (including phenoxy) is 11. The fourth-order valence-corrected chi connectivity index (χ4v) is 11.8. The largest absolute Gasteiger partial charge is 0.504 e. The highest BCUT2D eigenvalue weighted by atomic mass is 16.8. The van der Waals surface area contributed by atoms with E-state index in [1.807, 2.05) is 0 Å². The van der Waals surface area contributed by atoms with Crippen molar-refractivity contribution in [2.75, 3.05) is 13.2 Å². The summed E-state index contributed by atoms with van der Waals surface area (Å²) >= 11 is 0. The molecule has 10 atom stereocenters. The van der Waals surface area contributed by atoms with Crippen LogP contribution in [-0.2, 0) is 47.4 Å². The lowest BCUT2D eigenvalue weighted by molar-refractivity contribution is -0.284. The summed E-state index contributed by atoms with van der Waals surface area (Å²) in [5, 5.41) is 271. The highest BCUT2D eigenvalue weighted by Crippen LogP contribution is 2.58. The fourth-order valence-electron chi connectivity index (χ4n) is 11.8. The quantitative estimate of drug-likeness (QED) is 0.0498. The van der Waals surface area contributed by atoms with E-state index in [2.05, 4.69) is 0 Å². The molecule has 0 spiro atoms. The molecule has 8 aromatic carbocycles. The van der Waals surface area contributed by atoms with E-state index in [1.54, 1.807) is 0 Å². The van der Waals surface area contributed by atoms with Gasteiger partial charge in [-0.1, -0.05) is 0 Å². The van der Waals surface area contributed by atoms with Crippen molar-refractivity contribution >= 4 is 47.8 Å².